The van der Waals surface area contributed by atoms with Crippen molar-refractivity contribution in [1.29, 1.82) is 0 Å². The van der Waals surface area contributed by atoms with Crippen molar-refractivity contribution in [1.82, 2.24) is 9.80 Å². The van der Waals surface area contributed by atoms with Crippen LogP contribution in [0.4, 0.5) is 0 Å². The maximum atomic E-state index is 12.6. The number of furan rings is 1. The first-order valence-corrected chi connectivity index (χ1v) is 8.91. The molecule has 0 radical (unpaired) electrons. The lowest BCUT2D eigenvalue weighted by molar-refractivity contribution is 0.0552. The van der Waals surface area contributed by atoms with Crippen molar-refractivity contribution in [3.63, 3.8) is 0 Å². The summed E-state index contributed by atoms with van der Waals surface area (Å²) in [6.07, 6.45) is 11.6. The summed E-state index contributed by atoms with van der Waals surface area (Å²) < 4.78 is 5.31. The van der Waals surface area contributed by atoms with E-state index in [-0.39, 0.29) is 18.3 Å². The van der Waals surface area contributed by atoms with Crippen LogP contribution in [0.2, 0.25) is 0 Å². The second-order valence-corrected chi connectivity index (χ2v) is 6.67. The topological polar surface area (TPSA) is 36.7 Å². The number of likely N-dealkylation sites (tertiary alicyclic amines) is 2. The molecule has 2 fully saturated rings. The van der Waals surface area contributed by atoms with Gasteiger partial charge in [-0.2, -0.15) is 0 Å². The Morgan fingerprint density at radius 3 is 2.52 bits per heavy atom. The third-order valence-corrected chi connectivity index (χ3v) is 5.10. The molecule has 0 aromatic carbocycles. The number of nitrogens with zero attached hydrogens (tertiary/aromatic N) is 2. The van der Waals surface area contributed by atoms with Gasteiger partial charge in [0.1, 0.15) is 0 Å². The normalized spacial score (nSPS) is 23.1. The van der Waals surface area contributed by atoms with Crippen molar-refractivity contribution in [3.8, 4) is 0 Å². The number of carbonyl (C=O) groups is 1. The lowest BCUT2D eigenvalue weighted by Crippen LogP contribution is -2.45. The summed E-state index contributed by atoms with van der Waals surface area (Å²) in [5.41, 5.74) is 0. The van der Waals surface area contributed by atoms with Crippen LogP contribution in [0.25, 0.3) is 0 Å². The Morgan fingerprint density at radius 1 is 1.09 bits per heavy atom. The van der Waals surface area contributed by atoms with Crippen LogP contribution in [0.1, 0.15) is 61.9 Å². The average molecular weight is 341 g/mol. The van der Waals surface area contributed by atoms with E-state index in [9.17, 15) is 4.79 Å². The molecule has 1 unspecified atom stereocenters. The Kier molecular flexibility index (Phi) is 7.44. The number of hydrogen-bond donors (Lipinski definition) is 0. The number of carbonyl (C=O) groups excluding carboxylic acids is 1. The smallest absolute Gasteiger partial charge is 0.289 e. The molecule has 0 aliphatic carbocycles. The summed E-state index contributed by atoms with van der Waals surface area (Å²) in [7, 11) is 0. The second-order valence-electron chi connectivity index (χ2n) is 6.67. The molecular weight excluding hydrogens is 312 g/mol. The Hall–Kier alpha value is -1.00. The molecule has 5 heteroatoms. The van der Waals surface area contributed by atoms with E-state index in [0.29, 0.717) is 11.8 Å². The monoisotopic (exact) mass is 340 g/mol. The summed E-state index contributed by atoms with van der Waals surface area (Å²) in [6, 6.07) is 3.96. The number of hydrogen-bond acceptors (Lipinski definition) is 3. The molecule has 0 spiro atoms. The van der Waals surface area contributed by atoms with E-state index in [1.54, 1.807) is 18.4 Å². The molecule has 0 N–H and O–H groups in total. The van der Waals surface area contributed by atoms with Gasteiger partial charge in [0.05, 0.1) is 6.26 Å². The molecule has 130 valence electrons. The molecular formula is C18H29ClN2O2. The molecule has 4 nitrogen and oxygen atoms in total. The minimum atomic E-state index is 0. The summed E-state index contributed by atoms with van der Waals surface area (Å²) in [5, 5.41) is 0. The van der Waals surface area contributed by atoms with Crippen molar-refractivity contribution < 1.29 is 9.21 Å². The summed E-state index contributed by atoms with van der Waals surface area (Å²) in [6.45, 7) is 4.48. The third-order valence-electron chi connectivity index (χ3n) is 5.10. The van der Waals surface area contributed by atoms with Crippen LogP contribution in [0.5, 0.6) is 0 Å². The van der Waals surface area contributed by atoms with Gasteiger partial charge in [-0.25, -0.2) is 0 Å². The molecule has 1 aromatic heterocycles. The highest BCUT2D eigenvalue weighted by Crippen LogP contribution is 2.23. The van der Waals surface area contributed by atoms with Crippen molar-refractivity contribution in [3.05, 3.63) is 24.2 Å². The van der Waals surface area contributed by atoms with E-state index < -0.39 is 0 Å². The van der Waals surface area contributed by atoms with Gasteiger partial charge in [0.2, 0.25) is 0 Å². The van der Waals surface area contributed by atoms with Gasteiger partial charge in [0.25, 0.3) is 5.91 Å². The summed E-state index contributed by atoms with van der Waals surface area (Å²) >= 11 is 0. The largest absolute Gasteiger partial charge is 0.459 e. The fraction of sp³-hybridized carbons (Fsp3) is 0.722. The van der Waals surface area contributed by atoms with Crippen molar-refractivity contribution in [2.75, 3.05) is 26.2 Å². The summed E-state index contributed by atoms with van der Waals surface area (Å²) in [5.74, 6) is 0.562. The van der Waals surface area contributed by atoms with E-state index in [2.05, 4.69) is 9.80 Å². The molecule has 0 saturated carbocycles. The van der Waals surface area contributed by atoms with Gasteiger partial charge < -0.3 is 14.2 Å². The number of piperidine rings is 1. The zero-order valence-corrected chi connectivity index (χ0v) is 14.7. The van der Waals surface area contributed by atoms with Crippen LogP contribution in [-0.2, 0) is 0 Å². The zero-order chi connectivity index (χ0) is 15.2. The number of rotatable bonds is 4. The molecule has 1 aromatic rings. The van der Waals surface area contributed by atoms with Crippen molar-refractivity contribution in [2.45, 2.75) is 57.4 Å². The van der Waals surface area contributed by atoms with Crippen LogP contribution in [0.3, 0.4) is 0 Å². The molecule has 1 atom stereocenters. The van der Waals surface area contributed by atoms with Crippen LogP contribution in [0.15, 0.2) is 22.8 Å². The quantitative estimate of drug-likeness (QED) is 0.832. The average Bonchev–Trinajstić information content (AvgIpc) is 2.97. The van der Waals surface area contributed by atoms with Gasteiger partial charge in [-0.1, -0.05) is 12.8 Å². The molecule has 23 heavy (non-hydrogen) atoms. The van der Waals surface area contributed by atoms with Gasteiger partial charge in [0.15, 0.2) is 5.76 Å². The van der Waals surface area contributed by atoms with Crippen LogP contribution < -0.4 is 0 Å². The molecule has 3 rings (SSSR count). The molecule has 2 aliphatic heterocycles. The highest BCUT2D eigenvalue weighted by molar-refractivity contribution is 5.91. The standard InChI is InChI=1S/C18H28N2O2.ClH/c21-18(17-9-7-15-22-17)20-13-6-3-8-16(20)10-14-19-11-4-1-2-5-12-19;/h7,9,15-16H,1-6,8,10-14H2;1H. The fourth-order valence-electron chi connectivity index (χ4n) is 3.80. The minimum absolute atomic E-state index is 0. The molecule has 2 aliphatic rings. The van der Waals surface area contributed by atoms with E-state index in [0.717, 1.165) is 32.4 Å². The van der Waals surface area contributed by atoms with E-state index in [1.165, 1.54) is 45.2 Å². The van der Waals surface area contributed by atoms with Gasteiger partial charge in [0, 0.05) is 19.1 Å². The van der Waals surface area contributed by atoms with Crippen molar-refractivity contribution in [2.24, 2.45) is 0 Å². The predicted molar refractivity (Wildman–Crippen MR) is 94.2 cm³/mol. The number of halogens is 1. The molecule has 2 saturated heterocycles. The summed E-state index contributed by atoms with van der Waals surface area (Å²) in [4.78, 5) is 17.2. The van der Waals surface area contributed by atoms with Gasteiger partial charge >= 0.3 is 0 Å². The van der Waals surface area contributed by atoms with E-state index >= 15 is 0 Å². The van der Waals surface area contributed by atoms with E-state index in [4.69, 9.17) is 4.42 Å². The van der Waals surface area contributed by atoms with Crippen LogP contribution in [0, 0.1) is 0 Å². The second kappa shape index (κ2) is 9.33. The van der Waals surface area contributed by atoms with Gasteiger partial charge in [-0.3, -0.25) is 4.79 Å². The Morgan fingerprint density at radius 2 is 1.83 bits per heavy atom. The Labute approximate surface area is 145 Å². The fourth-order valence-corrected chi connectivity index (χ4v) is 3.80. The highest BCUT2D eigenvalue weighted by Gasteiger charge is 2.29. The van der Waals surface area contributed by atoms with Crippen LogP contribution in [-0.4, -0.2) is 47.9 Å². The first-order chi connectivity index (χ1) is 10.8. The van der Waals surface area contributed by atoms with Crippen molar-refractivity contribution >= 4 is 18.3 Å². The SMILES string of the molecule is Cl.O=C(c1ccco1)N1CCCCC1CCN1CCCCCC1. The third kappa shape index (κ3) is 4.98. The Bertz CT molecular complexity index is 456. The first kappa shape index (κ1) is 18.3. The van der Waals surface area contributed by atoms with E-state index in [1.807, 2.05) is 0 Å². The van der Waals surface area contributed by atoms with Gasteiger partial charge in [-0.05, 0) is 63.7 Å². The lowest BCUT2D eigenvalue weighted by Gasteiger charge is -2.36. The lowest BCUT2D eigenvalue weighted by atomic mass is 9.98. The zero-order valence-electron chi connectivity index (χ0n) is 13.9. The minimum Gasteiger partial charge on any atom is -0.459 e. The van der Waals surface area contributed by atoms with Crippen LogP contribution >= 0.6 is 12.4 Å². The number of amides is 1. The molecule has 1 amide bonds. The molecule has 3 heterocycles. The predicted octanol–water partition coefficient (Wildman–Crippen LogP) is 3.96. The highest BCUT2D eigenvalue weighted by atomic mass is 35.5. The Balaban J connectivity index is 0.00000192. The van der Waals surface area contributed by atoms with Gasteiger partial charge in [-0.15, -0.1) is 12.4 Å². The molecule has 0 bridgehead atoms. The maximum Gasteiger partial charge on any atom is 0.289 e. The maximum absolute atomic E-state index is 12.6. The first-order valence-electron chi connectivity index (χ1n) is 8.91.